The van der Waals surface area contributed by atoms with Gasteiger partial charge in [0.2, 0.25) is 11.0 Å². The lowest BCUT2D eigenvalue weighted by atomic mass is 10.2. The predicted octanol–water partition coefficient (Wildman–Crippen LogP) is 3.08. The molecule has 1 aliphatic rings. The van der Waals surface area contributed by atoms with Gasteiger partial charge in [-0.15, -0.1) is 10.2 Å². The number of benzene rings is 1. The van der Waals surface area contributed by atoms with E-state index in [1.165, 1.54) is 28.0 Å². The monoisotopic (exact) mass is 390 g/mol. The Morgan fingerprint density at radius 3 is 2.76 bits per heavy atom. The van der Waals surface area contributed by atoms with E-state index in [9.17, 15) is 9.59 Å². The maximum absolute atomic E-state index is 12.5. The van der Waals surface area contributed by atoms with Crippen LogP contribution in [0.15, 0.2) is 35.2 Å². The van der Waals surface area contributed by atoms with Gasteiger partial charge >= 0.3 is 0 Å². The van der Waals surface area contributed by atoms with Gasteiger partial charge in [-0.1, -0.05) is 65.6 Å². The smallest absolute Gasteiger partial charge is 0.266 e. The summed E-state index contributed by atoms with van der Waals surface area (Å²) in [4.78, 5) is 26.5. The lowest BCUT2D eigenvalue weighted by Gasteiger charge is -2.13. The molecule has 1 N–H and O–H groups in total. The molecule has 1 aromatic heterocycles. The molecule has 1 aliphatic heterocycles. The summed E-state index contributed by atoms with van der Waals surface area (Å²) >= 11 is 7.83. The minimum atomic E-state index is -0.225. The van der Waals surface area contributed by atoms with Crippen LogP contribution in [-0.4, -0.2) is 37.8 Å². The Labute approximate surface area is 158 Å². The van der Waals surface area contributed by atoms with Gasteiger partial charge in [-0.25, -0.2) is 0 Å². The van der Waals surface area contributed by atoms with Crippen LogP contribution >= 0.6 is 35.3 Å². The van der Waals surface area contributed by atoms with Gasteiger partial charge in [0.25, 0.3) is 5.91 Å². The van der Waals surface area contributed by atoms with Crippen molar-refractivity contribution in [2.24, 2.45) is 0 Å². The van der Waals surface area contributed by atoms with Crippen LogP contribution in [-0.2, 0) is 9.59 Å². The molecule has 3 rings (SSSR count). The SMILES string of the molecule is Cc1nnc(NC(=O)CCN2C(=O)/C(=C/c3ccccc3)SC2=S)s1. The van der Waals surface area contributed by atoms with Gasteiger partial charge in [-0.2, -0.15) is 0 Å². The first-order valence-electron chi connectivity index (χ1n) is 7.43. The summed E-state index contributed by atoms with van der Waals surface area (Å²) in [7, 11) is 0. The molecular weight excluding hydrogens is 376 g/mol. The van der Waals surface area contributed by atoms with Crippen molar-refractivity contribution < 1.29 is 9.59 Å². The largest absolute Gasteiger partial charge is 0.300 e. The number of amides is 2. The molecular formula is C16H14N4O2S3. The van der Waals surface area contributed by atoms with Crippen LogP contribution in [0.25, 0.3) is 6.08 Å². The number of aryl methyl sites for hydroxylation is 1. The topological polar surface area (TPSA) is 75.2 Å². The van der Waals surface area contributed by atoms with Crippen molar-refractivity contribution in [3.63, 3.8) is 0 Å². The summed E-state index contributed by atoms with van der Waals surface area (Å²) < 4.78 is 0.465. The summed E-state index contributed by atoms with van der Waals surface area (Å²) in [6.45, 7) is 2.05. The Balaban J connectivity index is 1.59. The molecule has 128 valence electrons. The molecule has 1 aromatic carbocycles. The van der Waals surface area contributed by atoms with Crippen molar-refractivity contribution in [3.8, 4) is 0 Å². The van der Waals surface area contributed by atoms with Gasteiger partial charge < -0.3 is 5.32 Å². The number of hydrogen-bond donors (Lipinski definition) is 1. The summed E-state index contributed by atoms with van der Waals surface area (Å²) in [6, 6.07) is 9.58. The van der Waals surface area contributed by atoms with Gasteiger partial charge in [0, 0.05) is 13.0 Å². The number of nitrogens with zero attached hydrogens (tertiary/aromatic N) is 3. The fourth-order valence-corrected chi connectivity index (χ4v) is 4.05. The molecule has 1 saturated heterocycles. The van der Waals surface area contributed by atoms with Crippen LogP contribution in [0.3, 0.4) is 0 Å². The van der Waals surface area contributed by atoms with Crippen molar-refractivity contribution >= 4 is 62.7 Å². The standard InChI is InChI=1S/C16H14N4O2S3/c1-10-18-19-15(24-10)17-13(21)7-8-20-14(22)12(25-16(20)23)9-11-5-3-2-4-6-11/h2-6,9H,7-8H2,1H3,(H,17,19,21)/b12-9-. The number of anilines is 1. The van der Waals surface area contributed by atoms with Crippen molar-refractivity contribution in [3.05, 3.63) is 45.8 Å². The van der Waals surface area contributed by atoms with Crippen LogP contribution in [0, 0.1) is 6.92 Å². The lowest BCUT2D eigenvalue weighted by molar-refractivity contribution is -0.122. The summed E-state index contributed by atoms with van der Waals surface area (Å²) in [5.74, 6) is -0.393. The predicted molar refractivity (Wildman–Crippen MR) is 104 cm³/mol. The number of carbonyl (C=O) groups excluding carboxylic acids is 2. The average Bonchev–Trinajstić information content (AvgIpc) is 3.10. The third-order valence-electron chi connectivity index (χ3n) is 3.31. The maximum atomic E-state index is 12.5. The molecule has 1 fully saturated rings. The Bertz CT molecular complexity index is 848. The zero-order valence-corrected chi connectivity index (χ0v) is 15.7. The van der Waals surface area contributed by atoms with Crippen molar-refractivity contribution in [1.29, 1.82) is 0 Å². The van der Waals surface area contributed by atoms with E-state index >= 15 is 0 Å². The number of hydrogen-bond acceptors (Lipinski definition) is 7. The summed E-state index contributed by atoms with van der Waals surface area (Å²) in [6.07, 6.45) is 1.95. The molecule has 0 spiro atoms. The lowest BCUT2D eigenvalue weighted by Crippen LogP contribution is -2.31. The van der Waals surface area contributed by atoms with Gasteiger partial charge in [0.15, 0.2) is 0 Å². The van der Waals surface area contributed by atoms with Gasteiger partial charge in [0.05, 0.1) is 4.91 Å². The first-order valence-corrected chi connectivity index (χ1v) is 9.47. The van der Waals surface area contributed by atoms with Crippen LogP contribution in [0.1, 0.15) is 17.0 Å². The van der Waals surface area contributed by atoms with E-state index in [1.54, 1.807) is 0 Å². The number of nitrogens with one attached hydrogen (secondary N) is 1. The number of thioether (sulfide) groups is 1. The Morgan fingerprint density at radius 1 is 1.32 bits per heavy atom. The molecule has 0 bridgehead atoms. The molecule has 0 aliphatic carbocycles. The van der Waals surface area contributed by atoms with E-state index in [0.29, 0.717) is 14.4 Å². The van der Waals surface area contributed by atoms with Crippen molar-refractivity contribution in [2.45, 2.75) is 13.3 Å². The third kappa shape index (κ3) is 4.50. The van der Waals surface area contributed by atoms with E-state index in [1.807, 2.05) is 43.3 Å². The minimum absolute atomic E-state index is 0.143. The van der Waals surface area contributed by atoms with Crippen molar-refractivity contribution in [1.82, 2.24) is 15.1 Å². The fraction of sp³-hybridized carbons (Fsp3) is 0.188. The fourth-order valence-electron chi connectivity index (χ4n) is 2.14. The van der Waals surface area contributed by atoms with Gasteiger partial charge in [0.1, 0.15) is 9.33 Å². The molecule has 0 unspecified atom stereocenters. The highest BCUT2D eigenvalue weighted by Crippen LogP contribution is 2.32. The molecule has 9 heteroatoms. The number of aromatic nitrogens is 2. The van der Waals surface area contributed by atoms with Gasteiger partial charge in [-0.3, -0.25) is 14.5 Å². The summed E-state index contributed by atoms with van der Waals surface area (Å²) in [5.41, 5.74) is 0.937. The zero-order valence-electron chi connectivity index (χ0n) is 13.3. The minimum Gasteiger partial charge on any atom is -0.300 e. The third-order valence-corrected chi connectivity index (χ3v) is 5.44. The maximum Gasteiger partial charge on any atom is 0.266 e. The van der Waals surface area contributed by atoms with Crippen molar-refractivity contribution in [2.75, 3.05) is 11.9 Å². The van der Waals surface area contributed by atoms with E-state index in [0.717, 1.165) is 10.6 Å². The van der Waals surface area contributed by atoms with Crippen LogP contribution in [0.2, 0.25) is 0 Å². The van der Waals surface area contributed by atoms with E-state index in [4.69, 9.17) is 12.2 Å². The Kier molecular flexibility index (Phi) is 5.57. The highest BCUT2D eigenvalue weighted by atomic mass is 32.2. The molecule has 2 heterocycles. The average molecular weight is 391 g/mol. The Morgan fingerprint density at radius 2 is 2.08 bits per heavy atom. The van der Waals surface area contributed by atoms with E-state index < -0.39 is 0 Å². The second kappa shape index (κ2) is 7.85. The quantitative estimate of drug-likeness (QED) is 0.625. The second-order valence-electron chi connectivity index (χ2n) is 5.17. The Hall–Kier alpha value is -2.10. The first kappa shape index (κ1) is 17.7. The molecule has 6 nitrogen and oxygen atoms in total. The summed E-state index contributed by atoms with van der Waals surface area (Å²) in [5, 5.41) is 11.6. The first-order chi connectivity index (χ1) is 12.0. The second-order valence-corrected chi connectivity index (χ2v) is 8.03. The molecule has 2 amide bonds. The van der Waals surface area contributed by atoms with E-state index in [-0.39, 0.29) is 24.8 Å². The van der Waals surface area contributed by atoms with Gasteiger partial charge in [-0.05, 0) is 18.6 Å². The molecule has 25 heavy (non-hydrogen) atoms. The van der Waals surface area contributed by atoms with E-state index in [2.05, 4.69) is 15.5 Å². The van der Waals surface area contributed by atoms with Crippen LogP contribution in [0.4, 0.5) is 5.13 Å². The molecule has 0 atom stereocenters. The molecule has 2 aromatic rings. The number of carbonyl (C=O) groups is 2. The highest BCUT2D eigenvalue weighted by Gasteiger charge is 2.32. The highest BCUT2D eigenvalue weighted by molar-refractivity contribution is 8.26. The van der Waals surface area contributed by atoms with Crippen LogP contribution in [0.5, 0.6) is 0 Å². The zero-order chi connectivity index (χ0) is 17.8. The molecule has 0 radical (unpaired) electrons. The number of thiocarbonyl (C=S) groups is 1. The number of rotatable bonds is 5. The van der Waals surface area contributed by atoms with Crippen LogP contribution < -0.4 is 5.32 Å². The molecule has 0 saturated carbocycles. The normalized spacial score (nSPS) is 15.9.